The molecular formula is C26H21F5N4O4S. The summed E-state index contributed by atoms with van der Waals surface area (Å²) in [5.41, 5.74) is -0.394. The highest BCUT2D eigenvalue weighted by Gasteiger charge is 2.35. The van der Waals surface area contributed by atoms with Crippen LogP contribution in [-0.2, 0) is 27.4 Å². The molecule has 3 aromatic rings. The fourth-order valence-corrected chi connectivity index (χ4v) is 5.81. The number of urea groups is 1. The van der Waals surface area contributed by atoms with E-state index in [9.17, 15) is 40.0 Å². The molecule has 2 N–H and O–H groups in total. The summed E-state index contributed by atoms with van der Waals surface area (Å²) in [7, 11) is -4.40. The minimum Gasteiger partial charge on any atom is -0.310 e. The first-order valence-corrected chi connectivity index (χ1v) is 13.5. The van der Waals surface area contributed by atoms with E-state index in [1.807, 2.05) is 0 Å². The molecule has 8 nitrogen and oxygen atoms in total. The number of anilines is 4. The zero-order valence-corrected chi connectivity index (χ0v) is 21.4. The third-order valence-corrected chi connectivity index (χ3v) is 7.92. The first-order valence-electron chi connectivity index (χ1n) is 12.0. The molecule has 0 bridgehead atoms. The number of halogens is 5. The molecule has 14 heteroatoms. The Morgan fingerprint density at radius 2 is 1.65 bits per heavy atom. The van der Waals surface area contributed by atoms with Crippen molar-refractivity contribution in [2.24, 2.45) is 0 Å². The molecule has 0 spiro atoms. The molecule has 0 aliphatic carbocycles. The number of benzene rings is 3. The number of rotatable bonds is 5. The standard InChI is InChI=1S/C26H21F5N4O4S/c27-17-5-8-21(20(28)13-17)33-40(38,39)19-12-15-9-11-35(24(15)22(14-19)34-10-1-2-23(34)36)25(37)32-18-6-3-16(4-7-18)26(29,30)31/h3-8,12-14,33H,1-2,9-11H2,(H,32,37). The minimum atomic E-state index is -4.54. The van der Waals surface area contributed by atoms with Crippen molar-refractivity contribution in [2.75, 3.05) is 32.9 Å². The number of hydrogen-bond donors (Lipinski definition) is 2. The molecule has 0 aromatic heterocycles. The monoisotopic (exact) mass is 580 g/mol. The zero-order valence-electron chi connectivity index (χ0n) is 20.6. The number of nitrogens with zero attached hydrogens (tertiary/aromatic N) is 2. The van der Waals surface area contributed by atoms with Gasteiger partial charge in [0, 0.05) is 31.3 Å². The van der Waals surface area contributed by atoms with Crippen molar-refractivity contribution < 1.29 is 40.0 Å². The van der Waals surface area contributed by atoms with E-state index in [0.717, 1.165) is 36.4 Å². The van der Waals surface area contributed by atoms with E-state index in [1.165, 1.54) is 21.9 Å². The predicted molar refractivity (Wildman–Crippen MR) is 137 cm³/mol. The summed E-state index contributed by atoms with van der Waals surface area (Å²) in [4.78, 5) is 28.2. The molecule has 0 atom stereocenters. The van der Waals surface area contributed by atoms with Gasteiger partial charge in [0.1, 0.15) is 11.6 Å². The number of fused-ring (bicyclic) bond motifs is 1. The topological polar surface area (TPSA) is 98.8 Å². The maximum absolute atomic E-state index is 14.2. The fraction of sp³-hybridized carbons (Fsp3) is 0.231. The molecule has 3 aromatic carbocycles. The van der Waals surface area contributed by atoms with Crippen LogP contribution in [0.25, 0.3) is 0 Å². The number of carbonyl (C=O) groups is 2. The van der Waals surface area contributed by atoms with E-state index >= 15 is 0 Å². The lowest BCUT2D eigenvalue weighted by Crippen LogP contribution is -2.35. The van der Waals surface area contributed by atoms with Crippen molar-refractivity contribution in [1.29, 1.82) is 0 Å². The molecule has 40 heavy (non-hydrogen) atoms. The summed E-state index contributed by atoms with van der Waals surface area (Å²) in [6, 6.07) is 8.06. The highest BCUT2D eigenvalue weighted by atomic mass is 32.2. The highest BCUT2D eigenvalue weighted by molar-refractivity contribution is 7.92. The lowest BCUT2D eigenvalue weighted by Gasteiger charge is -2.26. The quantitative estimate of drug-likeness (QED) is 0.389. The third-order valence-electron chi connectivity index (χ3n) is 6.58. The Morgan fingerprint density at radius 1 is 0.925 bits per heavy atom. The van der Waals surface area contributed by atoms with Crippen molar-refractivity contribution in [3.63, 3.8) is 0 Å². The van der Waals surface area contributed by atoms with Gasteiger partial charge in [-0.25, -0.2) is 22.0 Å². The molecule has 5 rings (SSSR count). The molecular weight excluding hydrogens is 559 g/mol. The van der Waals surface area contributed by atoms with Gasteiger partial charge in [-0.2, -0.15) is 13.2 Å². The van der Waals surface area contributed by atoms with Gasteiger partial charge in [0.15, 0.2) is 0 Å². The van der Waals surface area contributed by atoms with Gasteiger partial charge in [-0.05, 0) is 66.9 Å². The molecule has 0 unspecified atom stereocenters. The molecule has 2 heterocycles. The highest BCUT2D eigenvalue weighted by Crippen LogP contribution is 2.42. The van der Waals surface area contributed by atoms with Gasteiger partial charge in [-0.1, -0.05) is 0 Å². The molecule has 1 saturated heterocycles. The summed E-state index contributed by atoms with van der Waals surface area (Å²) in [5.74, 6) is -2.29. The Bertz CT molecular complexity index is 1610. The molecule has 2 aliphatic rings. The van der Waals surface area contributed by atoms with Crippen molar-refractivity contribution in [3.8, 4) is 0 Å². The first-order chi connectivity index (χ1) is 18.8. The maximum atomic E-state index is 14.2. The number of alkyl halides is 3. The lowest BCUT2D eigenvalue weighted by atomic mass is 10.1. The van der Waals surface area contributed by atoms with E-state index in [1.54, 1.807) is 0 Å². The van der Waals surface area contributed by atoms with E-state index in [2.05, 4.69) is 10.0 Å². The van der Waals surface area contributed by atoms with Crippen LogP contribution in [0.2, 0.25) is 0 Å². The molecule has 2 aliphatic heterocycles. The Morgan fingerprint density at radius 3 is 2.27 bits per heavy atom. The van der Waals surface area contributed by atoms with Gasteiger partial charge in [-0.15, -0.1) is 0 Å². The fourth-order valence-electron chi connectivity index (χ4n) is 4.67. The molecule has 0 radical (unpaired) electrons. The van der Waals surface area contributed by atoms with Crippen molar-refractivity contribution in [3.05, 3.63) is 77.4 Å². The molecule has 210 valence electrons. The second-order valence-corrected chi connectivity index (χ2v) is 10.9. The van der Waals surface area contributed by atoms with E-state index in [4.69, 9.17) is 0 Å². The van der Waals surface area contributed by atoms with Crippen molar-refractivity contribution in [2.45, 2.75) is 30.3 Å². The van der Waals surface area contributed by atoms with Crippen molar-refractivity contribution >= 4 is 44.7 Å². The Labute approximate surface area is 225 Å². The second-order valence-electron chi connectivity index (χ2n) is 9.24. The summed E-state index contributed by atoms with van der Waals surface area (Å²) < 4.78 is 94.6. The average Bonchev–Trinajstić information content (AvgIpc) is 3.51. The molecule has 1 fully saturated rings. The minimum absolute atomic E-state index is 0.0976. The number of hydrogen-bond acceptors (Lipinski definition) is 4. The van der Waals surface area contributed by atoms with Crippen LogP contribution in [-0.4, -0.2) is 33.4 Å². The third kappa shape index (κ3) is 5.30. The number of sulfonamides is 1. The average molecular weight is 581 g/mol. The Balaban J connectivity index is 1.49. The van der Waals surface area contributed by atoms with Crippen LogP contribution in [0.15, 0.2) is 59.5 Å². The Kier molecular flexibility index (Phi) is 6.90. The summed E-state index contributed by atoms with van der Waals surface area (Å²) in [5, 5.41) is 2.53. The van der Waals surface area contributed by atoms with Crippen LogP contribution in [0.4, 0.5) is 49.5 Å². The molecule has 3 amide bonds. The number of amides is 3. The summed E-state index contributed by atoms with van der Waals surface area (Å²) in [6.07, 6.45) is -3.62. The molecule has 0 saturated carbocycles. The van der Waals surface area contributed by atoms with Crippen LogP contribution in [0.5, 0.6) is 0 Å². The predicted octanol–water partition coefficient (Wildman–Crippen LogP) is 5.51. The number of nitrogens with one attached hydrogen (secondary N) is 2. The van der Waals surface area contributed by atoms with Crippen LogP contribution in [0.3, 0.4) is 0 Å². The second kappa shape index (κ2) is 10.1. The number of carbonyl (C=O) groups excluding carboxylic acids is 2. The van der Waals surface area contributed by atoms with Gasteiger partial charge < -0.3 is 10.2 Å². The van der Waals surface area contributed by atoms with Gasteiger partial charge >= 0.3 is 12.2 Å². The van der Waals surface area contributed by atoms with E-state index < -0.39 is 45.1 Å². The SMILES string of the molecule is O=C1CCCN1c1cc(S(=O)(=O)Nc2ccc(F)cc2F)cc2c1N(C(=O)Nc1ccc(C(F)(F)F)cc1)CC2. The van der Waals surface area contributed by atoms with Crippen LogP contribution >= 0.6 is 0 Å². The van der Waals surface area contributed by atoms with E-state index in [-0.39, 0.29) is 53.8 Å². The maximum Gasteiger partial charge on any atom is 0.416 e. The smallest absolute Gasteiger partial charge is 0.310 e. The summed E-state index contributed by atoms with van der Waals surface area (Å²) in [6.45, 7) is 0.365. The van der Waals surface area contributed by atoms with Gasteiger partial charge in [0.05, 0.1) is 27.5 Å². The van der Waals surface area contributed by atoms with E-state index in [0.29, 0.717) is 18.1 Å². The largest absolute Gasteiger partial charge is 0.416 e. The van der Waals surface area contributed by atoms with Crippen LogP contribution in [0.1, 0.15) is 24.0 Å². The lowest BCUT2D eigenvalue weighted by molar-refractivity contribution is -0.137. The normalized spacial score (nSPS) is 15.4. The van der Waals surface area contributed by atoms with Gasteiger partial charge in [-0.3, -0.25) is 14.4 Å². The van der Waals surface area contributed by atoms with Crippen molar-refractivity contribution in [1.82, 2.24) is 0 Å². The van der Waals surface area contributed by atoms with Gasteiger partial charge in [0.2, 0.25) is 5.91 Å². The zero-order chi connectivity index (χ0) is 28.8. The Hall–Kier alpha value is -4.20. The first kappa shape index (κ1) is 27.4. The summed E-state index contributed by atoms with van der Waals surface area (Å²) >= 11 is 0. The van der Waals surface area contributed by atoms with Crippen LogP contribution in [0, 0.1) is 11.6 Å². The van der Waals surface area contributed by atoms with Gasteiger partial charge in [0.25, 0.3) is 10.0 Å². The van der Waals surface area contributed by atoms with Crippen LogP contribution < -0.4 is 19.8 Å².